The Morgan fingerprint density at radius 2 is 1.67 bits per heavy atom. The van der Waals surface area contributed by atoms with E-state index in [0.29, 0.717) is 47.5 Å². The summed E-state index contributed by atoms with van der Waals surface area (Å²) in [4.78, 5) is 63.2. The molecule has 1 spiro atoms. The molecule has 4 aliphatic rings. The van der Waals surface area contributed by atoms with Gasteiger partial charge in [0.15, 0.2) is 0 Å². The number of fused-ring (bicyclic) bond motifs is 2. The van der Waals surface area contributed by atoms with Gasteiger partial charge >= 0.3 is 0 Å². The Labute approximate surface area is 294 Å². The molecule has 266 valence electrons. The summed E-state index contributed by atoms with van der Waals surface area (Å²) in [6.07, 6.45) is 6.06. The highest BCUT2D eigenvalue weighted by Crippen LogP contribution is 2.45. The summed E-state index contributed by atoms with van der Waals surface area (Å²) in [7, 11) is 6.53. The van der Waals surface area contributed by atoms with Gasteiger partial charge in [-0.1, -0.05) is 6.07 Å². The topological polar surface area (TPSA) is 140 Å². The van der Waals surface area contributed by atoms with Crippen LogP contribution in [0.25, 0.3) is 22.0 Å². The Hall–Kier alpha value is -5.37. The van der Waals surface area contributed by atoms with Crippen molar-refractivity contribution >= 4 is 34.3 Å². The summed E-state index contributed by atoms with van der Waals surface area (Å²) in [5.41, 5.74) is 5.73. The lowest BCUT2D eigenvalue weighted by atomic mass is 9.71. The van der Waals surface area contributed by atoms with E-state index in [1.54, 1.807) is 43.1 Å². The molecule has 1 unspecified atom stereocenters. The molecule has 0 bridgehead atoms. The second-order valence-electron chi connectivity index (χ2n) is 14.2. The van der Waals surface area contributed by atoms with Crippen LogP contribution in [0.2, 0.25) is 0 Å². The quantitative estimate of drug-likeness (QED) is 0.273. The number of anilines is 1. The van der Waals surface area contributed by atoms with Crippen molar-refractivity contribution in [3.05, 3.63) is 69.8 Å². The van der Waals surface area contributed by atoms with Crippen molar-refractivity contribution in [1.82, 2.24) is 29.6 Å². The number of hydrogen-bond donors (Lipinski definition) is 1. The van der Waals surface area contributed by atoms with Gasteiger partial charge in [-0.15, -0.1) is 9.94 Å². The van der Waals surface area contributed by atoms with Gasteiger partial charge in [0.05, 0.1) is 31.4 Å². The number of methoxy groups -OCH3 is 2. The van der Waals surface area contributed by atoms with Gasteiger partial charge < -0.3 is 28.7 Å². The van der Waals surface area contributed by atoms with Crippen molar-refractivity contribution in [2.24, 2.45) is 12.5 Å². The van der Waals surface area contributed by atoms with Crippen LogP contribution in [0.5, 0.6) is 11.5 Å². The van der Waals surface area contributed by atoms with Gasteiger partial charge in [-0.3, -0.25) is 29.4 Å². The fourth-order valence-corrected chi connectivity index (χ4v) is 8.22. The molecule has 2 aromatic heterocycles. The number of pyridine rings is 1. The number of nitrogens with zero attached hydrogens (tertiary/aromatic N) is 6. The van der Waals surface area contributed by atoms with E-state index in [2.05, 4.69) is 26.3 Å². The van der Waals surface area contributed by atoms with E-state index in [0.717, 1.165) is 67.0 Å². The van der Waals surface area contributed by atoms with E-state index in [4.69, 9.17) is 14.3 Å². The number of nitrogens with one attached hydrogen (secondary N) is 1. The van der Waals surface area contributed by atoms with E-state index in [9.17, 15) is 19.2 Å². The highest BCUT2D eigenvalue weighted by atomic mass is 16.7. The molecule has 3 amide bonds. The van der Waals surface area contributed by atoms with Crippen LogP contribution in [0.3, 0.4) is 0 Å². The summed E-state index contributed by atoms with van der Waals surface area (Å²) >= 11 is 0. The number of likely N-dealkylation sites (tertiary alicyclic amines) is 1. The third-order valence-electron chi connectivity index (χ3n) is 11.2. The first-order valence-corrected chi connectivity index (χ1v) is 17.2. The van der Waals surface area contributed by atoms with Crippen LogP contribution in [0.15, 0.2) is 47.5 Å². The average molecular weight is 696 g/mol. The van der Waals surface area contributed by atoms with Crippen LogP contribution < -0.4 is 30.1 Å². The van der Waals surface area contributed by atoms with Crippen LogP contribution >= 0.6 is 0 Å². The molecule has 1 atom stereocenters. The van der Waals surface area contributed by atoms with Crippen LogP contribution in [0.1, 0.15) is 47.2 Å². The molecule has 0 aliphatic carbocycles. The first kappa shape index (κ1) is 32.8. The molecule has 4 aliphatic heterocycles. The highest BCUT2D eigenvalue weighted by molar-refractivity contribution is 6.05. The van der Waals surface area contributed by atoms with Crippen molar-refractivity contribution < 1.29 is 28.7 Å². The molecular weight excluding hydrogens is 654 g/mol. The van der Waals surface area contributed by atoms with Crippen molar-refractivity contribution in [2.45, 2.75) is 44.8 Å². The molecule has 14 nitrogen and oxygen atoms in total. The highest BCUT2D eigenvalue weighted by Gasteiger charge is 2.46. The Morgan fingerprint density at radius 1 is 0.941 bits per heavy atom. The summed E-state index contributed by atoms with van der Waals surface area (Å²) < 4.78 is 13.4. The van der Waals surface area contributed by atoms with Gasteiger partial charge in [0.1, 0.15) is 30.2 Å². The number of amides is 3. The van der Waals surface area contributed by atoms with Crippen LogP contribution in [-0.4, -0.2) is 95.6 Å². The predicted octanol–water partition coefficient (Wildman–Crippen LogP) is 2.34. The predicted molar refractivity (Wildman–Crippen MR) is 188 cm³/mol. The summed E-state index contributed by atoms with van der Waals surface area (Å²) in [5.74, 6) is 0.585. The maximum atomic E-state index is 13.4. The number of aromatic nitrogens is 3. The Bertz CT molecular complexity index is 2120. The molecule has 3 saturated heterocycles. The molecule has 1 N–H and O–H groups in total. The molecule has 0 saturated carbocycles. The van der Waals surface area contributed by atoms with Crippen molar-refractivity contribution in [1.29, 1.82) is 0 Å². The largest absolute Gasteiger partial charge is 0.496 e. The Balaban J connectivity index is 0.933. The minimum atomic E-state index is -0.611. The number of carbonyl (C=O) groups excluding carboxylic acids is 3. The monoisotopic (exact) mass is 695 g/mol. The zero-order chi connectivity index (χ0) is 35.6. The second kappa shape index (κ2) is 12.4. The van der Waals surface area contributed by atoms with Gasteiger partial charge in [0, 0.05) is 68.1 Å². The third-order valence-corrected chi connectivity index (χ3v) is 11.2. The summed E-state index contributed by atoms with van der Waals surface area (Å²) in [6, 6.07) is 9.39. The van der Waals surface area contributed by atoms with Crippen molar-refractivity contribution in [3.63, 3.8) is 0 Å². The van der Waals surface area contributed by atoms with E-state index >= 15 is 0 Å². The second-order valence-corrected chi connectivity index (χ2v) is 14.2. The molecule has 8 rings (SSSR count). The minimum Gasteiger partial charge on any atom is -0.496 e. The van der Waals surface area contributed by atoms with Crippen LogP contribution in [0, 0.1) is 5.41 Å². The zero-order valence-corrected chi connectivity index (χ0v) is 29.2. The van der Waals surface area contributed by atoms with E-state index < -0.39 is 11.9 Å². The molecule has 51 heavy (non-hydrogen) atoms. The van der Waals surface area contributed by atoms with Crippen LogP contribution in [0.4, 0.5) is 5.69 Å². The maximum absolute atomic E-state index is 13.4. The number of rotatable bonds is 8. The van der Waals surface area contributed by atoms with E-state index in [1.807, 2.05) is 24.3 Å². The van der Waals surface area contributed by atoms with Gasteiger partial charge in [0.2, 0.25) is 11.8 Å². The summed E-state index contributed by atoms with van der Waals surface area (Å²) in [5, 5.41) is 7.31. The maximum Gasteiger partial charge on any atom is 0.261 e. The standard InChI is InChI=1S/C37H41N7O7/c1-40-17-26(33-28(35(40)47)19-44(39-33)51-4)23-13-30(49-2)27(31(14-23)50-3)18-41-11-9-37(10-12-41)20-42(21-37)24-6-5-22-16-43(36(48)25(22)15-24)29-7-8-32(45)38-34(29)46/h5-6,13-15,17,19,29H,7-12,16,18,20-21H2,1-4H3,(H,38,45,46). The smallest absolute Gasteiger partial charge is 0.261 e. The van der Waals surface area contributed by atoms with Gasteiger partial charge in [-0.05, 0) is 67.7 Å². The fraction of sp³-hybridized carbons (Fsp3) is 0.432. The minimum absolute atomic E-state index is 0.145. The number of benzene rings is 2. The lowest BCUT2D eigenvalue weighted by Gasteiger charge is -2.55. The summed E-state index contributed by atoms with van der Waals surface area (Å²) in [6.45, 7) is 4.78. The molecule has 2 aromatic carbocycles. The normalized spacial score (nSPS) is 20.1. The van der Waals surface area contributed by atoms with Crippen molar-refractivity contribution in [3.8, 4) is 22.6 Å². The first-order chi connectivity index (χ1) is 24.6. The molecule has 6 heterocycles. The van der Waals surface area contributed by atoms with Crippen molar-refractivity contribution in [2.75, 3.05) is 52.4 Å². The molecule has 4 aromatic rings. The average Bonchev–Trinajstić information content (AvgIpc) is 3.70. The molecule has 3 fully saturated rings. The lowest BCUT2D eigenvalue weighted by molar-refractivity contribution is -0.136. The van der Waals surface area contributed by atoms with E-state index in [1.165, 1.54) is 12.0 Å². The fourth-order valence-electron chi connectivity index (χ4n) is 8.22. The lowest BCUT2D eigenvalue weighted by Crippen LogP contribution is -2.60. The van der Waals surface area contributed by atoms with E-state index in [-0.39, 0.29) is 29.2 Å². The number of carbonyl (C=O) groups is 3. The number of piperidine rings is 2. The van der Waals surface area contributed by atoms with Gasteiger partial charge in [0.25, 0.3) is 11.5 Å². The molecule has 0 radical (unpaired) electrons. The number of ether oxygens (including phenoxy) is 2. The Morgan fingerprint density at radius 3 is 2.33 bits per heavy atom. The van der Waals surface area contributed by atoms with Crippen LogP contribution in [-0.2, 0) is 29.7 Å². The van der Waals surface area contributed by atoms with Gasteiger partial charge in [-0.2, -0.15) is 0 Å². The third kappa shape index (κ3) is 5.57. The molecular formula is C37H41N7O7. The van der Waals surface area contributed by atoms with Gasteiger partial charge in [-0.25, -0.2) is 0 Å². The SMILES string of the molecule is COc1cc(-c2cn(C)c(=O)c3cn(OC)nc23)cc(OC)c1CN1CCC2(CC1)CN(c1ccc3c(c1)C(=O)N(C1CCC(=O)NC1=O)C3)C2. The Kier molecular flexibility index (Phi) is 8.01. The zero-order valence-electron chi connectivity index (χ0n) is 29.2. The first-order valence-electron chi connectivity index (χ1n) is 17.2. The number of hydrogen-bond acceptors (Lipinski definition) is 10. The number of imide groups is 1. The number of aryl methyl sites for hydroxylation is 1. The molecule has 14 heteroatoms.